The molecule has 0 aliphatic rings. The molecule has 6 nitrogen and oxygen atoms in total. The van der Waals surface area contributed by atoms with Crippen LogP contribution in [0.5, 0.6) is 0 Å². The monoisotopic (exact) mass is 346 g/mol. The Hall–Kier alpha value is -0.750. The molecule has 0 saturated heterocycles. The molecule has 1 aromatic carbocycles. The molecule has 0 fully saturated rings. The number of aliphatic hydroxyl groups is 1. The molecule has 0 aliphatic carbocycles. The van der Waals surface area contributed by atoms with Crippen LogP contribution in [0.15, 0.2) is 30.3 Å². The lowest BCUT2D eigenvalue weighted by atomic mass is 10.2. The number of methoxy groups -OCH3 is 1. The Morgan fingerprint density at radius 1 is 1.13 bits per heavy atom. The molecule has 2 atom stereocenters. The second-order valence-electron chi connectivity index (χ2n) is 5.02. The molecule has 7 heteroatoms. The van der Waals surface area contributed by atoms with Gasteiger partial charge in [-0.05, 0) is 19.4 Å². The van der Waals surface area contributed by atoms with Gasteiger partial charge in [0.15, 0.2) is 6.29 Å². The smallest absolute Gasteiger partial charge is 0.331 e. The fraction of sp³-hybridized carbons (Fsp3) is 0.625. The average molecular weight is 346 g/mol. The van der Waals surface area contributed by atoms with Gasteiger partial charge in [-0.15, -0.1) is 0 Å². The number of ether oxygens (including phenoxy) is 2. The van der Waals surface area contributed by atoms with E-state index < -0.39 is 19.8 Å². The molecular weight excluding hydrogens is 319 g/mol. The summed E-state index contributed by atoms with van der Waals surface area (Å²) in [5.41, 5.74) is 1.02. The van der Waals surface area contributed by atoms with E-state index in [1.807, 2.05) is 30.3 Å². The van der Waals surface area contributed by atoms with E-state index in [1.165, 1.54) is 7.11 Å². The van der Waals surface area contributed by atoms with Gasteiger partial charge in [-0.1, -0.05) is 30.3 Å². The van der Waals surface area contributed by atoms with Gasteiger partial charge in [0.25, 0.3) is 0 Å². The number of aliphatic hydroxyl groups excluding tert-OH is 1. The van der Waals surface area contributed by atoms with Crippen LogP contribution < -0.4 is 0 Å². The van der Waals surface area contributed by atoms with Crippen molar-refractivity contribution in [1.82, 2.24) is 0 Å². The van der Waals surface area contributed by atoms with Crippen LogP contribution >= 0.6 is 7.60 Å². The molecule has 0 bridgehead atoms. The summed E-state index contributed by atoms with van der Waals surface area (Å²) >= 11 is 0. The first-order chi connectivity index (χ1) is 11.0. The van der Waals surface area contributed by atoms with Crippen LogP contribution in [-0.2, 0) is 29.7 Å². The molecule has 0 aromatic heterocycles. The van der Waals surface area contributed by atoms with Gasteiger partial charge in [0, 0.05) is 13.0 Å². The van der Waals surface area contributed by atoms with Gasteiger partial charge in [0.1, 0.15) is 0 Å². The highest BCUT2D eigenvalue weighted by molar-refractivity contribution is 7.53. The van der Waals surface area contributed by atoms with Gasteiger partial charge >= 0.3 is 7.60 Å². The maximum absolute atomic E-state index is 12.6. The minimum absolute atomic E-state index is 0.0402. The number of hydrogen-bond donors (Lipinski definition) is 1. The fourth-order valence-corrected chi connectivity index (χ4v) is 4.08. The van der Waals surface area contributed by atoms with Crippen molar-refractivity contribution in [2.24, 2.45) is 5.92 Å². The first-order valence-electron chi connectivity index (χ1n) is 7.75. The standard InChI is InChI=1S/C16H27O6P/c1-4-21-23(18,22-5-2)13-15(16(17)19-3)12-20-11-14-9-7-6-8-10-14/h6-10,15-17H,4-5,11-13H2,1-3H3. The summed E-state index contributed by atoms with van der Waals surface area (Å²) in [5.74, 6) is -0.507. The normalized spacial score (nSPS) is 14.6. The van der Waals surface area contributed by atoms with Crippen LogP contribution in [0.25, 0.3) is 0 Å². The van der Waals surface area contributed by atoms with Crippen LogP contribution in [0.4, 0.5) is 0 Å². The summed E-state index contributed by atoms with van der Waals surface area (Å²) < 4.78 is 33.7. The predicted octanol–water partition coefficient (Wildman–Crippen LogP) is 3.05. The first-order valence-corrected chi connectivity index (χ1v) is 9.48. The van der Waals surface area contributed by atoms with Crippen molar-refractivity contribution in [3.8, 4) is 0 Å². The largest absolute Gasteiger partial charge is 0.376 e. The van der Waals surface area contributed by atoms with Gasteiger partial charge in [-0.25, -0.2) is 0 Å². The lowest BCUT2D eigenvalue weighted by molar-refractivity contribution is -0.125. The summed E-state index contributed by atoms with van der Waals surface area (Å²) in [5, 5.41) is 9.98. The average Bonchev–Trinajstić information content (AvgIpc) is 2.54. The zero-order valence-electron chi connectivity index (χ0n) is 14.0. The third-order valence-electron chi connectivity index (χ3n) is 3.20. The van der Waals surface area contributed by atoms with Gasteiger partial charge < -0.3 is 23.6 Å². The molecule has 0 aliphatic heterocycles. The van der Waals surface area contributed by atoms with Crippen LogP contribution in [0, 0.1) is 5.92 Å². The van der Waals surface area contributed by atoms with Crippen LogP contribution in [-0.4, -0.2) is 44.5 Å². The van der Waals surface area contributed by atoms with Gasteiger partial charge in [-0.2, -0.15) is 0 Å². The van der Waals surface area contributed by atoms with Gasteiger partial charge in [0.05, 0.1) is 32.6 Å². The second-order valence-corrected chi connectivity index (χ2v) is 7.12. The van der Waals surface area contributed by atoms with Crippen LogP contribution in [0.3, 0.4) is 0 Å². The third kappa shape index (κ3) is 7.57. The second kappa shape index (κ2) is 10.9. The number of hydrogen-bond acceptors (Lipinski definition) is 6. The summed E-state index contributed by atoms with van der Waals surface area (Å²) in [7, 11) is -1.88. The number of benzene rings is 1. The molecule has 0 heterocycles. The van der Waals surface area contributed by atoms with Crippen molar-refractivity contribution < 1.29 is 28.2 Å². The van der Waals surface area contributed by atoms with E-state index in [1.54, 1.807) is 13.8 Å². The molecule has 2 unspecified atom stereocenters. The van der Waals surface area contributed by atoms with E-state index in [9.17, 15) is 9.67 Å². The Bertz CT molecular complexity index is 457. The molecule has 132 valence electrons. The van der Waals surface area contributed by atoms with Crippen molar-refractivity contribution >= 4 is 7.60 Å². The SMILES string of the molecule is CCOP(=O)(CC(COCc1ccccc1)C(O)OC)OCC. The van der Waals surface area contributed by atoms with E-state index >= 15 is 0 Å². The van der Waals surface area contributed by atoms with E-state index in [0.717, 1.165) is 5.56 Å². The Morgan fingerprint density at radius 3 is 2.26 bits per heavy atom. The summed E-state index contributed by atoms with van der Waals surface area (Å²) in [6.45, 7) is 4.64. The Morgan fingerprint density at radius 2 is 1.74 bits per heavy atom. The molecule has 1 aromatic rings. The topological polar surface area (TPSA) is 74.2 Å². The van der Waals surface area contributed by atoms with Gasteiger partial charge in [0.2, 0.25) is 0 Å². The van der Waals surface area contributed by atoms with Gasteiger partial charge in [-0.3, -0.25) is 4.57 Å². The Labute approximate surface area is 138 Å². The van der Waals surface area contributed by atoms with Crippen LogP contribution in [0.1, 0.15) is 19.4 Å². The molecular formula is C16H27O6P. The van der Waals surface area contributed by atoms with E-state index in [0.29, 0.717) is 6.61 Å². The van der Waals surface area contributed by atoms with E-state index in [-0.39, 0.29) is 26.0 Å². The third-order valence-corrected chi connectivity index (χ3v) is 5.42. The molecule has 1 rings (SSSR count). The molecule has 0 saturated carbocycles. The van der Waals surface area contributed by atoms with Crippen molar-refractivity contribution in [3.63, 3.8) is 0 Å². The number of rotatable bonds is 12. The zero-order chi connectivity index (χ0) is 17.1. The Kier molecular flexibility index (Phi) is 9.63. The molecule has 0 radical (unpaired) electrons. The summed E-state index contributed by atoms with van der Waals surface area (Å²) in [6.07, 6.45) is -1.06. The lowest BCUT2D eigenvalue weighted by Gasteiger charge is -2.25. The zero-order valence-corrected chi connectivity index (χ0v) is 14.9. The molecule has 23 heavy (non-hydrogen) atoms. The highest BCUT2D eigenvalue weighted by Crippen LogP contribution is 2.50. The maximum atomic E-state index is 12.6. The first kappa shape index (κ1) is 20.3. The minimum Gasteiger partial charge on any atom is -0.376 e. The molecule has 0 spiro atoms. The molecule has 1 N–H and O–H groups in total. The highest BCUT2D eigenvalue weighted by Gasteiger charge is 2.32. The Balaban J connectivity index is 2.62. The van der Waals surface area contributed by atoms with Crippen LogP contribution in [0.2, 0.25) is 0 Å². The van der Waals surface area contributed by atoms with E-state index in [4.69, 9.17) is 18.5 Å². The lowest BCUT2D eigenvalue weighted by Crippen LogP contribution is -2.30. The van der Waals surface area contributed by atoms with Crippen molar-refractivity contribution in [1.29, 1.82) is 0 Å². The quantitative estimate of drug-likeness (QED) is 0.463. The highest BCUT2D eigenvalue weighted by atomic mass is 31.2. The minimum atomic E-state index is -3.27. The van der Waals surface area contributed by atoms with Crippen molar-refractivity contribution in [2.75, 3.05) is 33.1 Å². The summed E-state index contributed by atoms with van der Waals surface area (Å²) in [6, 6.07) is 9.69. The van der Waals surface area contributed by atoms with Crippen molar-refractivity contribution in [3.05, 3.63) is 35.9 Å². The fourth-order valence-electron chi connectivity index (χ4n) is 2.14. The van der Waals surface area contributed by atoms with E-state index in [2.05, 4.69) is 0 Å². The summed E-state index contributed by atoms with van der Waals surface area (Å²) in [4.78, 5) is 0. The predicted molar refractivity (Wildman–Crippen MR) is 88.3 cm³/mol. The maximum Gasteiger partial charge on any atom is 0.331 e. The van der Waals surface area contributed by atoms with Crippen molar-refractivity contribution in [2.45, 2.75) is 26.7 Å². The molecule has 0 amide bonds.